The Hall–Kier alpha value is -3.46. The molecule has 1 aliphatic heterocycles. The Morgan fingerprint density at radius 1 is 1.24 bits per heavy atom. The zero-order chi connectivity index (χ0) is 24.4. The van der Waals surface area contributed by atoms with E-state index in [1.54, 1.807) is 19.9 Å². The van der Waals surface area contributed by atoms with E-state index in [-0.39, 0.29) is 28.9 Å². The minimum Gasteiger partial charge on any atom is -0.507 e. The summed E-state index contributed by atoms with van der Waals surface area (Å²) in [6, 6.07) is 4.77. The van der Waals surface area contributed by atoms with Crippen molar-refractivity contribution in [1.82, 2.24) is 14.8 Å². The molecule has 0 radical (unpaired) electrons. The van der Waals surface area contributed by atoms with Crippen molar-refractivity contribution in [2.24, 2.45) is 0 Å². The van der Waals surface area contributed by atoms with Gasteiger partial charge in [0.15, 0.2) is 0 Å². The first-order valence-corrected chi connectivity index (χ1v) is 10.6. The summed E-state index contributed by atoms with van der Waals surface area (Å²) in [5, 5.41) is 11.3. The predicted octanol–water partition coefficient (Wildman–Crippen LogP) is 2.93. The predicted molar refractivity (Wildman–Crippen MR) is 120 cm³/mol. The second kappa shape index (κ2) is 9.58. The van der Waals surface area contributed by atoms with Crippen LogP contribution >= 0.6 is 0 Å². The molecule has 0 bridgehead atoms. The van der Waals surface area contributed by atoms with Crippen LogP contribution in [0, 0.1) is 19.7 Å². The molecule has 0 unspecified atom stereocenters. The molecule has 0 aliphatic carbocycles. The number of carbonyl (C=O) groups is 3. The third-order valence-electron chi connectivity index (χ3n) is 5.81. The number of aliphatic hydroxyl groups excluding tert-OH is 1. The highest BCUT2D eigenvalue weighted by molar-refractivity contribution is 6.46. The molecule has 1 aromatic heterocycles. The fourth-order valence-electron chi connectivity index (χ4n) is 4.23. The molecule has 33 heavy (non-hydrogen) atoms. The molecule has 9 heteroatoms. The van der Waals surface area contributed by atoms with Crippen LogP contribution in [-0.4, -0.2) is 71.8 Å². The number of hydrogen-bond acceptors (Lipinski definition) is 6. The number of rotatable bonds is 7. The molecule has 0 saturated carbocycles. The lowest BCUT2D eigenvalue weighted by Gasteiger charge is -2.26. The van der Waals surface area contributed by atoms with E-state index >= 15 is 0 Å². The molecule has 1 amide bonds. The van der Waals surface area contributed by atoms with Crippen LogP contribution in [0.25, 0.3) is 5.76 Å². The van der Waals surface area contributed by atoms with Crippen molar-refractivity contribution in [3.8, 4) is 0 Å². The monoisotopic (exact) mass is 457 g/mol. The summed E-state index contributed by atoms with van der Waals surface area (Å²) in [5.41, 5.74) is 1.01. The number of Topliss-reactive ketones (excluding diaryl/α,β-unsaturated/α-hetero) is 1. The number of aromatic nitrogens is 1. The number of likely N-dealkylation sites (tertiary alicyclic amines) is 1. The minimum absolute atomic E-state index is 0.113. The summed E-state index contributed by atoms with van der Waals surface area (Å²) in [4.78, 5) is 44.2. The number of amides is 1. The first kappa shape index (κ1) is 24.2. The van der Waals surface area contributed by atoms with E-state index in [2.05, 4.69) is 4.98 Å². The second-order valence-electron chi connectivity index (χ2n) is 8.29. The van der Waals surface area contributed by atoms with Crippen LogP contribution < -0.4 is 0 Å². The molecule has 2 heterocycles. The molecule has 1 atom stereocenters. The average Bonchev–Trinajstić information content (AvgIpc) is 3.20. The van der Waals surface area contributed by atoms with Crippen LogP contribution in [-0.2, 0) is 14.3 Å². The summed E-state index contributed by atoms with van der Waals surface area (Å²) < 4.78 is 19.6. The number of aliphatic hydroxyl groups is 1. The first-order chi connectivity index (χ1) is 15.6. The number of ketones is 1. The standard InChI is InChI=1S/C24H28FN3O5/c1-13-17(14(2)26-19(13)24(32)33-5)21(29)18-20(15-9-6-7-10-16(15)25)28(23(31)22(18)30)12-8-11-27(3)4/h6-7,9-10,20,26,29H,8,11-12H2,1-5H3/t20-/m0/s1. The van der Waals surface area contributed by atoms with Crippen LogP contribution in [0.3, 0.4) is 0 Å². The van der Waals surface area contributed by atoms with E-state index in [1.165, 1.54) is 30.2 Å². The molecule has 0 spiro atoms. The van der Waals surface area contributed by atoms with Gasteiger partial charge in [0.2, 0.25) is 0 Å². The minimum atomic E-state index is -1.09. The normalized spacial score (nSPS) is 17.8. The number of aromatic amines is 1. The van der Waals surface area contributed by atoms with E-state index in [0.717, 1.165) is 0 Å². The molecular weight excluding hydrogens is 429 g/mol. The molecular formula is C24H28FN3O5. The number of nitrogens with one attached hydrogen (secondary N) is 1. The number of nitrogens with zero attached hydrogens (tertiary/aromatic N) is 2. The molecule has 1 aromatic carbocycles. The highest BCUT2D eigenvalue weighted by atomic mass is 19.1. The zero-order valence-electron chi connectivity index (χ0n) is 19.4. The van der Waals surface area contributed by atoms with Gasteiger partial charge < -0.3 is 24.6 Å². The molecule has 3 rings (SSSR count). The summed E-state index contributed by atoms with van der Waals surface area (Å²) in [6.07, 6.45) is 0.555. The average molecular weight is 458 g/mol. The van der Waals surface area contributed by atoms with E-state index in [9.17, 15) is 23.9 Å². The lowest BCUT2D eigenvalue weighted by Crippen LogP contribution is -2.32. The largest absolute Gasteiger partial charge is 0.507 e. The van der Waals surface area contributed by atoms with Crippen LogP contribution in [0.4, 0.5) is 4.39 Å². The van der Waals surface area contributed by atoms with E-state index < -0.39 is 35.3 Å². The number of carbonyl (C=O) groups excluding carboxylic acids is 3. The van der Waals surface area contributed by atoms with E-state index in [1.807, 2.05) is 19.0 Å². The van der Waals surface area contributed by atoms with Gasteiger partial charge in [-0.3, -0.25) is 9.59 Å². The number of ether oxygens (including phenoxy) is 1. The molecule has 8 nitrogen and oxygen atoms in total. The Labute approximate surface area is 191 Å². The van der Waals surface area contributed by atoms with Crippen molar-refractivity contribution in [2.75, 3.05) is 34.3 Å². The Bertz CT molecular complexity index is 1140. The molecule has 2 N–H and O–H groups in total. The summed E-state index contributed by atoms with van der Waals surface area (Å²) in [6.45, 7) is 4.08. The van der Waals surface area contributed by atoms with Crippen LogP contribution in [0.5, 0.6) is 0 Å². The Kier molecular flexibility index (Phi) is 7.02. The van der Waals surface area contributed by atoms with Crippen LogP contribution in [0.1, 0.15) is 45.3 Å². The maximum Gasteiger partial charge on any atom is 0.354 e. The third kappa shape index (κ3) is 4.41. The summed E-state index contributed by atoms with van der Waals surface area (Å²) in [7, 11) is 5.01. The molecule has 176 valence electrons. The fraction of sp³-hybridized carbons (Fsp3) is 0.375. The fourth-order valence-corrected chi connectivity index (χ4v) is 4.23. The number of esters is 1. The maximum absolute atomic E-state index is 14.8. The zero-order valence-corrected chi connectivity index (χ0v) is 19.4. The van der Waals surface area contributed by atoms with Gasteiger partial charge in [0.1, 0.15) is 17.3 Å². The highest BCUT2D eigenvalue weighted by Gasteiger charge is 2.47. The number of methoxy groups -OCH3 is 1. The van der Waals surface area contributed by atoms with Crippen LogP contribution in [0.15, 0.2) is 29.8 Å². The Morgan fingerprint density at radius 3 is 2.52 bits per heavy atom. The molecule has 2 aromatic rings. The topological polar surface area (TPSA) is 103 Å². The quantitative estimate of drug-likeness (QED) is 0.287. The van der Waals surface area contributed by atoms with Gasteiger partial charge in [0, 0.05) is 23.4 Å². The number of aryl methyl sites for hydroxylation is 1. The Morgan fingerprint density at radius 2 is 1.91 bits per heavy atom. The third-order valence-corrected chi connectivity index (χ3v) is 5.81. The SMILES string of the molecule is COC(=O)c1[nH]c(C)c(C(O)=C2C(=O)C(=O)N(CCCN(C)C)[C@H]2c2ccccc2F)c1C. The van der Waals surface area contributed by atoms with Crippen molar-refractivity contribution in [3.63, 3.8) is 0 Å². The first-order valence-electron chi connectivity index (χ1n) is 10.6. The van der Waals surface area contributed by atoms with Crippen molar-refractivity contribution in [2.45, 2.75) is 26.3 Å². The second-order valence-corrected chi connectivity index (χ2v) is 8.29. The van der Waals surface area contributed by atoms with Gasteiger partial charge in [0.05, 0.1) is 18.7 Å². The van der Waals surface area contributed by atoms with Gasteiger partial charge in [-0.05, 0) is 52.5 Å². The van der Waals surface area contributed by atoms with Crippen molar-refractivity contribution < 1.29 is 28.6 Å². The highest BCUT2D eigenvalue weighted by Crippen LogP contribution is 2.41. The molecule has 1 aliphatic rings. The van der Waals surface area contributed by atoms with E-state index in [4.69, 9.17) is 4.74 Å². The van der Waals surface area contributed by atoms with E-state index in [0.29, 0.717) is 24.2 Å². The van der Waals surface area contributed by atoms with Gasteiger partial charge >= 0.3 is 5.97 Å². The van der Waals surface area contributed by atoms with Crippen molar-refractivity contribution >= 4 is 23.4 Å². The lowest BCUT2D eigenvalue weighted by atomic mass is 9.93. The van der Waals surface area contributed by atoms with Gasteiger partial charge in [-0.2, -0.15) is 0 Å². The van der Waals surface area contributed by atoms with Crippen LogP contribution in [0.2, 0.25) is 0 Å². The van der Waals surface area contributed by atoms with Gasteiger partial charge in [0.25, 0.3) is 11.7 Å². The van der Waals surface area contributed by atoms with Gasteiger partial charge in [-0.15, -0.1) is 0 Å². The van der Waals surface area contributed by atoms with Crippen molar-refractivity contribution in [3.05, 3.63) is 63.7 Å². The van der Waals surface area contributed by atoms with Gasteiger partial charge in [-0.25, -0.2) is 9.18 Å². The molecule has 1 fully saturated rings. The van der Waals surface area contributed by atoms with Gasteiger partial charge in [-0.1, -0.05) is 18.2 Å². The lowest BCUT2D eigenvalue weighted by molar-refractivity contribution is -0.140. The Balaban J connectivity index is 2.20. The van der Waals surface area contributed by atoms with Crippen molar-refractivity contribution in [1.29, 1.82) is 0 Å². The number of H-pyrrole nitrogens is 1. The number of benzene rings is 1. The number of halogens is 1. The smallest absolute Gasteiger partial charge is 0.354 e. The summed E-state index contributed by atoms with van der Waals surface area (Å²) >= 11 is 0. The molecule has 1 saturated heterocycles. The maximum atomic E-state index is 14.8. The number of hydrogen-bond donors (Lipinski definition) is 2. The summed E-state index contributed by atoms with van der Waals surface area (Å²) in [5.74, 6) is -3.39.